The number of thiocarbonyl (C=S) groups is 1. The fourth-order valence-corrected chi connectivity index (χ4v) is 2.08. The van der Waals surface area contributed by atoms with Gasteiger partial charge in [-0.2, -0.15) is 0 Å². The molecule has 1 rings (SSSR count). The van der Waals surface area contributed by atoms with Crippen LogP contribution in [-0.4, -0.2) is 39.8 Å². The van der Waals surface area contributed by atoms with Gasteiger partial charge in [0, 0.05) is 13.0 Å². The van der Waals surface area contributed by atoms with Gasteiger partial charge in [-0.3, -0.25) is 4.99 Å². The monoisotopic (exact) mass is 335 g/mol. The highest BCUT2D eigenvalue weighted by atomic mass is 32.1. The van der Waals surface area contributed by atoms with Crippen molar-refractivity contribution in [2.75, 3.05) is 6.54 Å². The van der Waals surface area contributed by atoms with Crippen molar-refractivity contribution >= 4 is 34.7 Å². The largest absolute Gasteiger partial charge is 0.478 e. The Balaban J connectivity index is 3.06. The fraction of sp³-hybridized carbons (Fsp3) is 0.412. The van der Waals surface area contributed by atoms with Crippen LogP contribution < -0.4 is 0 Å². The van der Waals surface area contributed by atoms with Gasteiger partial charge in [-0.25, -0.2) is 9.59 Å². The summed E-state index contributed by atoms with van der Waals surface area (Å²) in [6.07, 6.45) is 0.175. The molecule has 0 radical (unpaired) electrons. The number of benzene rings is 1. The molecule has 0 amide bonds. The number of hydrogen-bond acceptors (Lipinski definition) is 5. The topological polar surface area (TPSA) is 76.0 Å². The molecule has 0 saturated carbocycles. The minimum atomic E-state index is -1.03. The highest BCUT2D eigenvalue weighted by molar-refractivity contribution is 7.84. The lowest BCUT2D eigenvalue weighted by Gasteiger charge is -2.20. The molecule has 1 aromatic rings. The van der Waals surface area contributed by atoms with E-state index in [1.54, 1.807) is 39.0 Å². The zero-order valence-corrected chi connectivity index (χ0v) is 14.6. The van der Waals surface area contributed by atoms with Gasteiger partial charge < -0.3 is 9.84 Å². The SMILES string of the molecule is CCN=C(Cc1ccccc1C(=O)O)C(=S)C(=O)OC(C)(C)C. The molecular formula is C17H21NO4S. The third kappa shape index (κ3) is 5.90. The van der Waals surface area contributed by atoms with Crippen LogP contribution in [0.4, 0.5) is 0 Å². The second kappa shape index (κ2) is 7.97. The molecule has 0 aliphatic heterocycles. The summed E-state index contributed by atoms with van der Waals surface area (Å²) < 4.78 is 5.26. The predicted octanol–water partition coefficient (Wildman–Crippen LogP) is 3.10. The van der Waals surface area contributed by atoms with Crippen LogP contribution in [0.2, 0.25) is 0 Å². The number of esters is 1. The van der Waals surface area contributed by atoms with E-state index in [4.69, 9.17) is 17.0 Å². The van der Waals surface area contributed by atoms with Gasteiger partial charge in [0.05, 0.1) is 11.3 Å². The average molecular weight is 335 g/mol. The summed E-state index contributed by atoms with van der Waals surface area (Å²) >= 11 is 5.19. The Bertz CT molecular complexity index is 644. The number of aliphatic imine (C=N–C) groups is 1. The molecule has 0 unspecified atom stereocenters. The van der Waals surface area contributed by atoms with E-state index in [9.17, 15) is 14.7 Å². The molecule has 0 spiro atoms. The van der Waals surface area contributed by atoms with Crippen molar-refractivity contribution < 1.29 is 19.4 Å². The number of ether oxygens (including phenoxy) is 1. The molecule has 0 saturated heterocycles. The molecule has 0 fully saturated rings. The molecular weight excluding hydrogens is 314 g/mol. The first-order chi connectivity index (χ1) is 10.7. The van der Waals surface area contributed by atoms with Crippen LogP contribution in [0.1, 0.15) is 43.6 Å². The normalized spacial score (nSPS) is 11.9. The number of carboxylic acid groups (broad SMARTS) is 1. The zero-order valence-electron chi connectivity index (χ0n) is 13.8. The first kappa shape index (κ1) is 19.0. The van der Waals surface area contributed by atoms with Crippen LogP contribution in [0.15, 0.2) is 29.3 Å². The molecule has 0 bridgehead atoms. The molecule has 124 valence electrons. The van der Waals surface area contributed by atoms with E-state index in [-0.39, 0.29) is 16.8 Å². The number of nitrogens with zero attached hydrogens (tertiary/aromatic N) is 1. The van der Waals surface area contributed by atoms with Crippen LogP contribution in [0, 0.1) is 0 Å². The Labute approximate surface area is 141 Å². The zero-order chi connectivity index (χ0) is 17.6. The van der Waals surface area contributed by atoms with Gasteiger partial charge in [0.1, 0.15) is 10.5 Å². The van der Waals surface area contributed by atoms with Gasteiger partial charge in [-0.05, 0) is 39.3 Å². The summed E-state index contributed by atoms with van der Waals surface area (Å²) in [5.41, 5.74) is 0.434. The molecule has 0 atom stereocenters. The molecule has 0 aliphatic carbocycles. The first-order valence-electron chi connectivity index (χ1n) is 7.28. The summed E-state index contributed by atoms with van der Waals surface area (Å²) in [5.74, 6) is -1.65. The lowest BCUT2D eigenvalue weighted by atomic mass is 10.0. The summed E-state index contributed by atoms with van der Waals surface area (Å²) in [5, 5.41) is 9.24. The average Bonchev–Trinajstić information content (AvgIpc) is 2.44. The van der Waals surface area contributed by atoms with Crippen LogP contribution in [0.3, 0.4) is 0 Å². The van der Waals surface area contributed by atoms with Crippen LogP contribution in [0.5, 0.6) is 0 Å². The highest BCUT2D eigenvalue weighted by Gasteiger charge is 2.24. The van der Waals surface area contributed by atoms with Crippen molar-refractivity contribution in [1.82, 2.24) is 0 Å². The Hall–Kier alpha value is -2.08. The minimum absolute atomic E-state index is 0.0121. The number of hydrogen-bond donors (Lipinski definition) is 1. The number of carbonyl (C=O) groups excluding carboxylic acids is 1. The van der Waals surface area contributed by atoms with Gasteiger partial charge in [0.25, 0.3) is 0 Å². The maximum atomic E-state index is 12.1. The van der Waals surface area contributed by atoms with Crippen molar-refractivity contribution in [3.05, 3.63) is 35.4 Å². The first-order valence-corrected chi connectivity index (χ1v) is 7.68. The molecule has 0 aromatic heterocycles. The lowest BCUT2D eigenvalue weighted by molar-refractivity contribution is -0.145. The highest BCUT2D eigenvalue weighted by Crippen LogP contribution is 2.13. The predicted molar refractivity (Wildman–Crippen MR) is 93.5 cm³/mol. The third-order valence-electron chi connectivity index (χ3n) is 2.80. The van der Waals surface area contributed by atoms with E-state index in [0.29, 0.717) is 17.8 Å². The number of rotatable bonds is 6. The number of carboxylic acids is 1. The Morgan fingerprint density at radius 2 is 1.87 bits per heavy atom. The van der Waals surface area contributed by atoms with Crippen LogP contribution in [-0.2, 0) is 16.0 Å². The molecule has 0 heterocycles. The summed E-state index contributed by atoms with van der Waals surface area (Å²) in [6.45, 7) is 7.52. The molecule has 1 N–H and O–H groups in total. The smallest absolute Gasteiger partial charge is 0.351 e. The Morgan fingerprint density at radius 1 is 1.26 bits per heavy atom. The summed E-state index contributed by atoms with van der Waals surface area (Å²) in [7, 11) is 0. The van der Waals surface area contributed by atoms with Crippen molar-refractivity contribution in [3.63, 3.8) is 0 Å². The van der Waals surface area contributed by atoms with Gasteiger partial charge in [0.2, 0.25) is 0 Å². The summed E-state index contributed by atoms with van der Waals surface area (Å²) in [4.78, 5) is 27.7. The fourth-order valence-electron chi connectivity index (χ4n) is 1.90. The third-order valence-corrected chi connectivity index (χ3v) is 3.20. The van der Waals surface area contributed by atoms with Gasteiger partial charge >= 0.3 is 11.9 Å². The quantitative estimate of drug-likeness (QED) is 0.491. The van der Waals surface area contributed by atoms with Gasteiger partial charge in [-0.1, -0.05) is 30.4 Å². The van der Waals surface area contributed by atoms with E-state index >= 15 is 0 Å². The lowest BCUT2D eigenvalue weighted by Crippen LogP contribution is -2.33. The second-order valence-corrected chi connectivity index (χ2v) is 6.30. The maximum Gasteiger partial charge on any atom is 0.351 e. The molecule has 6 heteroatoms. The van der Waals surface area contributed by atoms with Gasteiger partial charge in [0.15, 0.2) is 0 Å². The molecule has 0 aliphatic rings. The van der Waals surface area contributed by atoms with Crippen molar-refractivity contribution in [1.29, 1.82) is 0 Å². The van der Waals surface area contributed by atoms with Crippen LogP contribution in [0.25, 0.3) is 0 Å². The van der Waals surface area contributed by atoms with Gasteiger partial charge in [-0.15, -0.1) is 0 Å². The Kier molecular flexibility index (Phi) is 6.57. The summed E-state index contributed by atoms with van der Waals surface area (Å²) in [6, 6.07) is 6.59. The van der Waals surface area contributed by atoms with E-state index in [1.165, 1.54) is 6.07 Å². The van der Waals surface area contributed by atoms with E-state index in [0.717, 1.165) is 0 Å². The molecule has 23 heavy (non-hydrogen) atoms. The number of carbonyl (C=O) groups is 2. The van der Waals surface area contributed by atoms with Crippen molar-refractivity contribution in [3.8, 4) is 0 Å². The Morgan fingerprint density at radius 3 is 2.39 bits per heavy atom. The molecule has 5 nitrogen and oxygen atoms in total. The minimum Gasteiger partial charge on any atom is -0.478 e. The van der Waals surface area contributed by atoms with E-state index < -0.39 is 17.5 Å². The standard InChI is InChI=1S/C17H21NO4S/c1-5-18-13(14(23)16(21)22-17(2,3)4)10-11-8-6-7-9-12(11)15(19)20/h6-9H,5,10H2,1-4H3,(H,19,20). The molecule has 1 aromatic carbocycles. The maximum absolute atomic E-state index is 12.1. The number of aromatic carboxylic acids is 1. The second-order valence-electron chi connectivity index (χ2n) is 5.89. The van der Waals surface area contributed by atoms with E-state index in [2.05, 4.69) is 4.99 Å². The van der Waals surface area contributed by atoms with Crippen molar-refractivity contribution in [2.45, 2.75) is 39.7 Å². The van der Waals surface area contributed by atoms with Crippen molar-refractivity contribution in [2.24, 2.45) is 4.99 Å². The van der Waals surface area contributed by atoms with Crippen LogP contribution >= 0.6 is 12.2 Å². The van der Waals surface area contributed by atoms with E-state index in [1.807, 2.05) is 6.92 Å².